The molecule has 0 radical (unpaired) electrons. The molecular formula is C11H24N2O. The summed E-state index contributed by atoms with van der Waals surface area (Å²) in [6.45, 7) is 8.49. The molecule has 0 spiro atoms. The van der Waals surface area contributed by atoms with E-state index < -0.39 is 0 Å². The number of nitrogens with one attached hydrogen (secondary N) is 1. The van der Waals surface area contributed by atoms with Crippen LogP contribution in [0.3, 0.4) is 0 Å². The topological polar surface area (TPSA) is 35.5 Å². The standard InChI is InChI=1S/C11H24N2O/c1-3-12-11-5-4-7-13(9-11)8-6-10(2)14/h10-12,14H,3-9H2,1-2H3. The number of likely N-dealkylation sites (tertiary alicyclic amines) is 1. The molecule has 1 fully saturated rings. The van der Waals surface area contributed by atoms with Crippen LogP contribution in [0.15, 0.2) is 0 Å². The Morgan fingerprint density at radius 1 is 1.57 bits per heavy atom. The van der Waals surface area contributed by atoms with E-state index in [9.17, 15) is 5.11 Å². The monoisotopic (exact) mass is 200 g/mol. The van der Waals surface area contributed by atoms with Gasteiger partial charge in [-0.25, -0.2) is 0 Å². The Bertz CT molecular complexity index is 148. The highest BCUT2D eigenvalue weighted by Crippen LogP contribution is 2.10. The van der Waals surface area contributed by atoms with E-state index >= 15 is 0 Å². The number of nitrogens with zero attached hydrogens (tertiary/aromatic N) is 1. The molecule has 0 aliphatic carbocycles. The van der Waals surface area contributed by atoms with Crippen LogP contribution in [0.2, 0.25) is 0 Å². The lowest BCUT2D eigenvalue weighted by molar-refractivity contribution is 0.135. The third-order valence-corrected chi connectivity index (χ3v) is 2.86. The summed E-state index contributed by atoms with van der Waals surface area (Å²) in [7, 11) is 0. The molecule has 0 aromatic heterocycles. The molecule has 2 unspecified atom stereocenters. The molecular weight excluding hydrogens is 176 g/mol. The molecule has 3 heteroatoms. The van der Waals surface area contributed by atoms with E-state index in [4.69, 9.17) is 0 Å². The maximum atomic E-state index is 9.21. The summed E-state index contributed by atoms with van der Waals surface area (Å²) in [5.41, 5.74) is 0. The largest absolute Gasteiger partial charge is 0.393 e. The smallest absolute Gasteiger partial charge is 0.0524 e. The quantitative estimate of drug-likeness (QED) is 0.690. The molecule has 2 N–H and O–H groups in total. The Morgan fingerprint density at radius 3 is 3.00 bits per heavy atom. The molecule has 0 aromatic rings. The first kappa shape index (κ1) is 12.0. The number of aliphatic hydroxyl groups is 1. The molecule has 0 aromatic carbocycles. The van der Waals surface area contributed by atoms with Crippen molar-refractivity contribution < 1.29 is 5.11 Å². The maximum Gasteiger partial charge on any atom is 0.0524 e. The Kier molecular flexibility index (Phi) is 5.45. The summed E-state index contributed by atoms with van der Waals surface area (Å²) in [5, 5.41) is 12.7. The van der Waals surface area contributed by atoms with E-state index in [1.807, 2.05) is 6.92 Å². The van der Waals surface area contributed by atoms with Crippen molar-refractivity contribution in [1.29, 1.82) is 0 Å². The van der Waals surface area contributed by atoms with Gasteiger partial charge in [-0.1, -0.05) is 6.92 Å². The normalized spacial score (nSPS) is 26.4. The van der Waals surface area contributed by atoms with Crippen LogP contribution in [0.25, 0.3) is 0 Å². The fourth-order valence-corrected chi connectivity index (χ4v) is 2.08. The van der Waals surface area contributed by atoms with Gasteiger partial charge >= 0.3 is 0 Å². The molecule has 1 rings (SSSR count). The van der Waals surface area contributed by atoms with Gasteiger partial charge in [0.25, 0.3) is 0 Å². The van der Waals surface area contributed by atoms with Gasteiger partial charge in [0.05, 0.1) is 6.10 Å². The molecule has 1 aliphatic rings. The van der Waals surface area contributed by atoms with Crippen molar-refractivity contribution in [2.45, 2.75) is 45.3 Å². The van der Waals surface area contributed by atoms with Gasteiger partial charge in [-0.3, -0.25) is 0 Å². The predicted molar refractivity (Wildman–Crippen MR) is 59.4 cm³/mol. The molecule has 0 amide bonds. The van der Waals surface area contributed by atoms with Crippen LogP contribution in [0.1, 0.15) is 33.1 Å². The van der Waals surface area contributed by atoms with Gasteiger partial charge in [0.1, 0.15) is 0 Å². The zero-order valence-corrected chi connectivity index (χ0v) is 9.50. The van der Waals surface area contributed by atoms with Crippen LogP contribution in [0, 0.1) is 0 Å². The van der Waals surface area contributed by atoms with Crippen molar-refractivity contribution in [2.75, 3.05) is 26.2 Å². The van der Waals surface area contributed by atoms with Gasteiger partial charge in [0.15, 0.2) is 0 Å². The Balaban J connectivity index is 2.18. The summed E-state index contributed by atoms with van der Waals surface area (Å²) >= 11 is 0. The van der Waals surface area contributed by atoms with E-state index in [0.29, 0.717) is 6.04 Å². The van der Waals surface area contributed by atoms with Crippen LogP contribution >= 0.6 is 0 Å². The molecule has 1 heterocycles. The van der Waals surface area contributed by atoms with Crippen LogP contribution in [-0.2, 0) is 0 Å². The highest BCUT2D eigenvalue weighted by Gasteiger charge is 2.18. The Labute approximate surface area is 87.5 Å². The van der Waals surface area contributed by atoms with E-state index in [-0.39, 0.29) is 6.10 Å². The number of aliphatic hydroxyl groups excluding tert-OH is 1. The summed E-state index contributed by atoms with van der Waals surface area (Å²) in [6, 6.07) is 0.669. The third kappa shape index (κ3) is 4.40. The highest BCUT2D eigenvalue weighted by molar-refractivity contribution is 4.77. The van der Waals surface area contributed by atoms with Crippen molar-refractivity contribution in [1.82, 2.24) is 10.2 Å². The van der Waals surface area contributed by atoms with E-state index in [1.54, 1.807) is 0 Å². The minimum absolute atomic E-state index is 0.158. The number of piperidine rings is 1. The number of hydrogen-bond acceptors (Lipinski definition) is 3. The van der Waals surface area contributed by atoms with Gasteiger partial charge in [-0.2, -0.15) is 0 Å². The average molecular weight is 200 g/mol. The molecule has 84 valence electrons. The van der Waals surface area contributed by atoms with Crippen molar-refractivity contribution in [3.63, 3.8) is 0 Å². The maximum absolute atomic E-state index is 9.21. The average Bonchev–Trinajstić information content (AvgIpc) is 2.16. The van der Waals surface area contributed by atoms with Crippen molar-refractivity contribution in [2.24, 2.45) is 0 Å². The molecule has 3 nitrogen and oxygen atoms in total. The van der Waals surface area contributed by atoms with Gasteiger partial charge in [-0.15, -0.1) is 0 Å². The number of hydrogen-bond donors (Lipinski definition) is 2. The number of rotatable bonds is 5. The van der Waals surface area contributed by atoms with Crippen molar-refractivity contribution in [3.8, 4) is 0 Å². The van der Waals surface area contributed by atoms with Crippen molar-refractivity contribution >= 4 is 0 Å². The SMILES string of the molecule is CCNC1CCCN(CCC(C)O)C1. The second kappa shape index (κ2) is 6.38. The fourth-order valence-electron chi connectivity index (χ4n) is 2.08. The second-order valence-electron chi connectivity index (χ2n) is 4.34. The van der Waals surface area contributed by atoms with Crippen LogP contribution in [0.5, 0.6) is 0 Å². The van der Waals surface area contributed by atoms with Crippen LogP contribution < -0.4 is 5.32 Å². The Hall–Kier alpha value is -0.120. The molecule has 2 atom stereocenters. The minimum Gasteiger partial charge on any atom is -0.393 e. The molecule has 14 heavy (non-hydrogen) atoms. The minimum atomic E-state index is -0.158. The first-order valence-electron chi connectivity index (χ1n) is 5.86. The van der Waals surface area contributed by atoms with Crippen LogP contribution in [0.4, 0.5) is 0 Å². The zero-order chi connectivity index (χ0) is 10.4. The van der Waals surface area contributed by atoms with Gasteiger partial charge in [-0.05, 0) is 39.3 Å². The lowest BCUT2D eigenvalue weighted by Gasteiger charge is -2.33. The predicted octanol–water partition coefficient (Wildman–Crippen LogP) is 0.831. The molecule has 1 aliphatic heterocycles. The number of likely N-dealkylation sites (N-methyl/N-ethyl adjacent to an activating group) is 1. The fraction of sp³-hybridized carbons (Fsp3) is 1.00. The first-order chi connectivity index (χ1) is 6.72. The molecule has 0 saturated carbocycles. The van der Waals surface area contributed by atoms with E-state index in [2.05, 4.69) is 17.1 Å². The van der Waals surface area contributed by atoms with Gasteiger partial charge in [0.2, 0.25) is 0 Å². The molecule has 1 saturated heterocycles. The van der Waals surface area contributed by atoms with E-state index in [0.717, 1.165) is 26.1 Å². The van der Waals surface area contributed by atoms with E-state index in [1.165, 1.54) is 19.4 Å². The second-order valence-corrected chi connectivity index (χ2v) is 4.34. The Morgan fingerprint density at radius 2 is 2.36 bits per heavy atom. The first-order valence-corrected chi connectivity index (χ1v) is 5.86. The lowest BCUT2D eigenvalue weighted by Crippen LogP contribution is -2.46. The summed E-state index contributed by atoms with van der Waals surface area (Å²) < 4.78 is 0. The van der Waals surface area contributed by atoms with Crippen molar-refractivity contribution in [3.05, 3.63) is 0 Å². The summed E-state index contributed by atoms with van der Waals surface area (Å²) in [6.07, 6.45) is 3.34. The van der Waals surface area contributed by atoms with Gasteiger partial charge in [0, 0.05) is 19.1 Å². The van der Waals surface area contributed by atoms with Crippen LogP contribution in [-0.4, -0.2) is 48.3 Å². The zero-order valence-electron chi connectivity index (χ0n) is 9.50. The summed E-state index contributed by atoms with van der Waals surface area (Å²) in [5.74, 6) is 0. The third-order valence-electron chi connectivity index (χ3n) is 2.86. The molecule has 0 bridgehead atoms. The highest BCUT2D eigenvalue weighted by atomic mass is 16.3. The summed E-state index contributed by atoms with van der Waals surface area (Å²) in [4.78, 5) is 2.46. The lowest BCUT2D eigenvalue weighted by atomic mass is 10.1. The van der Waals surface area contributed by atoms with Gasteiger partial charge < -0.3 is 15.3 Å².